The van der Waals surface area contributed by atoms with Gasteiger partial charge in [0.1, 0.15) is 0 Å². The third-order valence-corrected chi connectivity index (χ3v) is 3.66. The Kier molecular flexibility index (Phi) is 7.66. The summed E-state index contributed by atoms with van der Waals surface area (Å²) in [6.07, 6.45) is 11.3. The molecule has 0 saturated carbocycles. The monoisotopic (exact) mass is 249 g/mol. The lowest BCUT2D eigenvalue weighted by molar-refractivity contribution is 0.129. The van der Waals surface area contributed by atoms with Crippen molar-refractivity contribution in [3.05, 3.63) is 30.1 Å². The number of rotatable bonds is 9. The zero-order chi connectivity index (χ0) is 13.2. The molecule has 0 fully saturated rings. The second-order valence-electron chi connectivity index (χ2n) is 5.20. The summed E-state index contributed by atoms with van der Waals surface area (Å²) < 4.78 is 0. The van der Waals surface area contributed by atoms with Crippen LogP contribution in [0.1, 0.15) is 57.9 Å². The second kappa shape index (κ2) is 9.09. The van der Waals surface area contributed by atoms with Crippen molar-refractivity contribution in [2.75, 3.05) is 0 Å². The van der Waals surface area contributed by atoms with E-state index in [1.54, 1.807) is 0 Å². The summed E-state index contributed by atoms with van der Waals surface area (Å²) in [5.74, 6) is 0.692. The number of hydrogen-bond acceptors (Lipinski definition) is 2. The lowest BCUT2D eigenvalue weighted by atomic mass is 9.91. The number of nitrogens with zero attached hydrogens (tertiary/aromatic N) is 1. The van der Waals surface area contributed by atoms with Crippen molar-refractivity contribution >= 4 is 0 Å². The first-order chi connectivity index (χ1) is 8.76. The molecular weight excluding hydrogens is 222 g/mol. The van der Waals surface area contributed by atoms with Crippen LogP contribution >= 0.6 is 0 Å². The van der Waals surface area contributed by atoms with Crippen LogP contribution in [0.5, 0.6) is 0 Å². The molecule has 0 aliphatic carbocycles. The third kappa shape index (κ3) is 6.15. The van der Waals surface area contributed by atoms with Gasteiger partial charge in [-0.2, -0.15) is 0 Å². The normalized spacial score (nSPS) is 14.4. The van der Waals surface area contributed by atoms with Gasteiger partial charge >= 0.3 is 0 Å². The van der Waals surface area contributed by atoms with E-state index in [0.717, 1.165) is 19.3 Å². The van der Waals surface area contributed by atoms with Gasteiger partial charge in [-0.1, -0.05) is 39.5 Å². The van der Waals surface area contributed by atoms with Gasteiger partial charge in [-0.15, -0.1) is 0 Å². The Hall–Kier alpha value is -0.890. The highest BCUT2D eigenvalue weighted by Gasteiger charge is 2.12. The molecule has 1 aromatic rings. The highest BCUT2D eigenvalue weighted by molar-refractivity contribution is 5.09. The summed E-state index contributed by atoms with van der Waals surface area (Å²) in [4.78, 5) is 4.01. The van der Waals surface area contributed by atoms with Gasteiger partial charge in [0.05, 0.1) is 6.10 Å². The fourth-order valence-electron chi connectivity index (χ4n) is 2.37. The van der Waals surface area contributed by atoms with Crippen molar-refractivity contribution in [2.24, 2.45) is 5.92 Å². The maximum atomic E-state index is 10.1. The second-order valence-corrected chi connectivity index (χ2v) is 5.20. The number of aromatic nitrogens is 1. The van der Waals surface area contributed by atoms with Crippen molar-refractivity contribution in [1.82, 2.24) is 4.98 Å². The summed E-state index contributed by atoms with van der Waals surface area (Å²) >= 11 is 0. The van der Waals surface area contributed by atoms with E-state index in [-0.39, 0.29) is 6.10 Å². The molecule has 0 radical (unpaired) electrons. The minimum Gasteiger partial charge on any atom is -0.393 e. The number of aliphatic hydroxyl groups excluding tert-OH is 1. The minimum atomic E-state index is -0.153. The van der Waals surface area contributed by atoms with Crippen LogP contribution in [0.15, 0.2) is 24.5 Å². The highest BCUT2D eigenvalue weighted by atomic mass is 16.3. The summed E-state index contributed by atoms with van der Waals surface area (Å²) in [6, 6.07) is 4.06. The average Bonchev–Trinajstić information content (AvgIpc) is 2.42. The van der Waals surface area contributed by atoms with Crippen molar-refractivity contribution in [3.8, 4) is 0 Å². The van der Waals surface area contributed by atoms with E-state index in [1.165, 1.54) is 31.2 Å². The molecule has 0 amide bonds. The molecule has 2 atom stereocenters. The predicted molar refractivity (Wildman–Crippen MR) is 76.5 cm³/mol. The molecule has 1 heterocycles. The molecule has 2 nitrogen and oxygen atoms in total. The first-order valence-electron chi connectivity index (χ1n) is 7.33. The summed E-state index contributed by atoms with van der Waals surface area (Å²) in [6.45, 7) is 4.46. The molecule has 0 bridgehead atoms. The van der Waals surface area contributed by atoms with Crippen LogP contribution in [-0.4, -0.2) is 16.2 Å². The molecule has 1 aromatic heterocycles. The van der Waals surface area contributed by atoms with Gasteiger partial charge in [0.15, 0.2) is 0 Å². The molecule has 0 spiro atoms. The Labute approximate surface area is 111 Å². The van der Waals surface area contributed by atoms with Crippen molar-refractivity contribution in [3.63, 3.8) is 0 Å². The zero-order valence-corrected chi connectivity index (χ0v) is 11.8. The van der Waals surface area contributed by atoms with Crippen LogP contribution in [0.3, 0.4) is 0 Å². The van der Waals surface area contributed by atoms with Gasteiger partial charge in [0.25, 0.3) is 0 Å². The first-order valence-corrected chi connectivity index (χ1v) is 7.33. The van der Waals surface area contributed by atoms with E-state index in [4.69, 9.17) is 0 Å². The van der Waals surface area contributed by atoms with Crippen LogP contribution < -0.4 is 0 Å². The van der Waals surface area contributed by atoms with Gasteiger partial charge < -0.3 is 5.11 Å². The highest BCUT2D eigenvalue weighted by Crippen LogP contribution is 2.20. The third-order valence-electron chi connectivity index (χ3n) is 3.66. The Morgan fingerprint density at radius 1 is 1.17 bits per heavy atom. The molecule has 18 heavy (non-hydrogen) atoms. The van der Waals surface area contributed by atoms with Gasteiger partial charge in [-0.05, 0) is 42.9 Å². The molecule has 102 valence electrons. The van der Waals surface area contributed by atoms with Gasteiger partial charge in [-0.3, -0.25) is 4.98 Å². The summed E-state index contributed by atoms with van der Waals surface area (Å²) in [5, 5.41) is 10.1. The lowest BCUT2D eigenvalue weighted by Gasteiger charge is -2.18. The molecule has 0 aliphatic heterocycles. The van der Waals surface area contributed by atoms with Crippen molar-refractivity contribution in [2.45, 2.75) is 64.9 Å². The van der Waals surface area contributed by atoms with Crippen LogP contribution in [-0.2, 0) is 6.42 Å². The molecule has 2 heteroatoms. The van der Waals surface area contributed by atoms with Gasteiger partial charge in [0.2, 0.25) is 0 Å². The molecular formula is C16H27NO. The van der Waals surface area contributed by atoms with Crippen LogP contribution in [0.2, 0.25) is 0 Å². The van der Waals surface area contributed by atoms with E-state index < -0.39 is 0 Å². The van der Waals surface area contributed by atoms with Crippen LogP contribution in [0, 0.1) is 5.92 Å². The maximum absolute atomic E-state index is 10.1. The smallest absolute Gasteiger partial charge is 0.0546 e. The summed E-state index contributed by atoms with van der Waals surface area (Å²) in [7, 11) is 0. The molecule has 1 N–H and O–H groups in total. The molecule has 0 aromatic carbocycles. The largest absolute Gasteiger partial charge is 0.393 e. The predicted octanol–water partition coefficient (Wildman–Crippen LogP) is 3.98. The average molecular weight is 249 g/mol. The molecule has 2 unspecified atom stereocenters. The minimum absolute atomic E-state index is 0.153. The maximum Gasteiger partial charge on any atom is 0.0546 e. The summed E-state index contributed by atoms with van der Waals surface area (Å²) in [5.41, 5.74) is 1.27. The van der Waals surface area contributed by atoms with Crippen LogP contribution in [0.4, 0.5) is 0 Å². The van der Waals surface area contributed by atoms with E-state index >= 15 is 0 Å². The van der Waals surface area contributed by atoms with E-state index in [0.29, 0.717) is 5.92 Å². The fourth-order valence-corrected chi connectivity index (χ4v) is 2.37. The van der Waals surface area contributed by atoms with Crippen molar-refractivity contribution in [1.29, 1.82) is 0 Å². The number of unbranched alkanes of at least 4 members (excludes halogenated alkanes) is 1. The van der Waals surface area contributed by atoms with Crippen LogP contribution in [0.25, 0.3) is 0 Å². The molecule has 0 aliphatic rings. The van der Waals surface area contributed by atoms with E-state index in [2.05, 4.69) is 18.8 Å². The SMILES string of the molecule is CCCCC(CC)CC(O)CCc1ccncc1. The standard InChI is InChI=1S/C16H27NO/c1-3-5-6-14(4-2)13-16(18)8-7-15-9-11-17-12-10-15/h9-12,14,16,18H,3-8,13H2,1-2H3. The molecule has 1 rings (SSSR count). The van der Waals surface area contributed by atoms with E-state index in [9.17, 15) is 5.11 Å². The first kappa shape index (κ1) is 15.2. The number of aryl methyl sites for hydroxylation is 1. The lowest BCUT2D eigenvalue weighted by Crippen LogP contribution is -2.14. The Morgan fingerprint density at radius 3 is 2.50 bits per heavy atom. The van der Waals surface area contributed by atoms with E-state index in [1.807, 2.05) is 24.5 Å². The molecule has 0 saturated heterocycles. The Balaban J connectivity index is 2.25. The number of aliphatic hydroxyl groups is 1. The van der Waals surface area contributed by atoms with Gasteiger partial charge in [-0.25, -0.2) is 0 Å². The van der Waals surface area contributed by atoms with Crippen molar-refractivity contribution < 1.29 is 5.11 Å². The Morgan fingerprint density at radius 2 is 1.89 bits per heavy atom. The number of hydrogen-bond donors (Lipinski definition) is 1. The topological polar surface area (TPSA) is 33.1 Å². The zero-order valence-electron chi connectivity index (χ0n) is 11.8. The Bertz CT molecular complexity index is 299. The number of pyridine rings is 1. The quantitative estimate of drug-likeness (QED) is 0.718. The van der Waals surface area contributed by atoms with Gasteiger partial charge in [0, 0.05) is 12.4 Å². The fraction of sp³-hybridized carbons (Fsp3) is 0.688.